The summed E-state index contributed by atoms with van der Waals surface area (Å²) in [6.07, 6.45) is 5.70. The third kappa shape index (κ3) is 6.67. The Labute approximate surface area is 231 Å². The highest BCUT2D eigenvalue weighted by Gasteiger charge is 2.26. The fraction of sp³-hybridized carbons (Fsp3) is 0.481. The van der Waals surface area contributed by atoms with Gasteiger partial charge >= 0.3 is 0 Å². The van der Waals surface area contributed by atoms with Gasteiger partial charge in [-0.25, -0.2) is 0 Å². The molecular formula is C27H32ClN5O2S2. The molecule has 3 aromatic rings. The molecule has 0 saturated carbocycles. The van der Waals surface area contributed by atoms with Gasteiger partial charge < -0.3 is 14.6 Å². The van der Waals surface area contributed by atoms with Crippen molar-refractivity contribution in [1.29, 1.82) is 5.26 Å². The molecule has 1 aliphatic carbocycles. The predicted octanol–water partition coefficient (Wildman–Crippen LogP) is 6.45. The highest BCUT2D eigenvalue weighted by Crippen LogP contribution is 2.40. The van der Waals surface area contributed by atoms with Crippen LogP contribution in [0.2, 0.25) is 5.02 Å². The molecule has 2 aromatic heterocycles. The van der Waals surface area contributed by atoms with Crippen molar-refractivity contribution in [1.82, 2.24) is 14.8 Å². The van der Waals surface area contributed by atoms with E-state index in [0.29, 0.717) is 28.1 Å². The van der Waals surface area contributed by atoms with Crippen molar-refractivity contribution in [3.63, 3.8) is 0 Å². The van der Waals surface area contributed by atoms with Crippen molar-refractivity contribution >= 4 is 45.6 Å². The number of thioether (sulfide) groups is 1. The zero-order valence-electron chi connectivity index (χ0n) is 21.5. The van der Waals surface area contributed by atoms with Gasteiger partial charge in [-0.1, -0.05) is 36.7 Å². The van der Waals surface area contributed by atoms with Crippen LogP contribution in [0.5, 0.6) is 5.75 Å². The summed E-state index contributed by atoms with van der Waals surface area (Å²) < 4.78 is 7.94. The average Bonchev–Trinajstić information content (AvgIpc) is 3.45. The van der Waals surface area contributed by atoms with E-state index in [2.05, 4.69) is 28.5 Å². The Morgan fingerprint density at radius 1 is 1.38 bits per heavy atom. The molecule has 4 rings (SSSR count). The van der Waals surface area contributed by atoms with Crippen molar-refractivity contribution < 1.29 is 9.53 Å². The molecule has 2 heterocycles. The summed E-state index contributed by atoms with van der Waals surface area (Å²) in [7, 11) is 0. The third-order valence-electron chi connectivity index (χ3n) is 6.69. The minimum absolute atomic E-state index is 0.133. The number of benzene rings is 1. The molecule has 196 valence electrons. The molecule has 37 heavy (non-hydrogen) atoms. The maximum atomic E-state index is 12.8. The smallest absolute Gasteiger partial charge is 0.235 e. The van der Waals surface area contributed by atoms with Gasteiger partial charge in [0.1, 0.15) is 22.6 Å². The van der Waals surface area contributed by atoms with E-state index in [1.54, 1.807) is 11.3 Å². The van der Waals surface area contributed by atoms with Crippen LogP contribution in [-0.2, 0) is 30.6 Å². The van der Waals surface area contributed by atoms with Gasteiger partial charge in [-0.15, -0.1) is 21.5 Å². The SMILES string of the molecule is CCC1CCc2c(sc(NC(=O)CSc3nnc(CCCOc4ccc(Cl)cc4C)n3CC)c2C#N)C1. The Hall–Kier alpha value is -2.54. The molecule has 10 heteroatoms. The molecule has 7 nitrogen and oxygen atoms in total. The molecule has 0 bridgehead atoms. The van der Waals surface area contributed by atoms with Crippen LogP contribution in [0.15, 0.2) is 23.4 Å². The van der Waals surface area contributed by atoms with Crippen LogP contribution in [0.25, 0.3) is 0 Å². The molecule has 1 amide bonds. The van der Waals surface area contributed by atoms with Crippen LogP contribution < -0.4 is 10.1 Å². The number of nitriles is 1. The average molecular weight is 558 g/mol. The van der Waals surface area contributed by atoms with Gasteiger partial charge in [0.15, 0.2) is 5.16 Å². The van der Waals surface area contributed by atoms with E-state index in [4.69, 9.17) is 16.3 Å². The summed E-state index contributed by atoms with van der Waals surface area (Å²) in [6, 6.07) is 7.93. The van der Waals surface area contributed by atoms with E-state index in [-0.39, 0.29) is 11.7 Å². The number of thiophene rings is 1. The number of aromatic nitrogens is 3. The quantitative estimate of drug-likeness (QED) is 0.215. The largest absolute Gasteiger partial charge is 0.493 e. The first-order chi connectivity index (χ1) is 17.9. The lowest BCUT2D eigenvalue weighted by atomic mass is 9.86. The molecule has 1 aliphatic rings. The molecule has 0 radical (unpaired) electrons. The second-order valence-electron chi connectivity index (χ2n) is 9.18. The van der Waals surface area contributed by atoms with E-state index in [9.17, 15) is 10.1 Å². The fourth-order valence-corrected chi connectivity index (χ4v) is 6.99. The maximum Gasteiger partial charge on any atom is 0.235 e. The number of anilines is 1. The Kier molecular flexibility index (Phi) is 9.52. The Morgan fingerprint density at radius 2 is 2.22 bits per heavy atom. The van der Waals surface area contributed by atoms with Gasteiger partial charge in [0.25, 0.3) is 0 Å². The van der Waals surface area contributed by atoms with Gasteiger partial charge in [0.05, 0.1) is 17.9 Å². The number of carbonyl (C=O) groups excluding carboxylic acids is 1. The standard InChI is InChI=1S/C27H32ClN5O2S2/c1-4-18-8-10-20-21(15-29)26(37-23(20)14-18)30-25(34)16-36-27-32-31-24(33(27)5-2)7-6-12-35-22-11-9-19(28)13-17(22)3/h9,11,13,18H,4-8,10,12,14,16H2,1-3H3,(H,30,34). The summed E-state index contributed by atoms with van der Waals surface area (Å²) in [5, 5.41) is 23.5. The minimum Gasteiger partial charge on any atom is -0.493 e. The van der Waals surface area contributed by atoms with E-state index in [1.165, 1.54) is 16.6 Å². The molecule has 1 N–H and O–H groups in total. The zero-order valence-corrected chi connectivity index (χ0v) is 23.9. The number of fused-ring (bicyclic) bond motifs is 1. The Bertz CT molecular complexity index is 1300. The topological polar surface area (TPSA) is 92.8 Å². The summed E-state index contributed by atoms with van der Waals surface area (Å²) in [5.74, 6) is 2.46. The molecule has 1 aromatic carbocycles. The van der Waals surface area contributed by atoms with Crippen molar-refractivity contribution in [2.24, 2.45) is 5.92 Å². The summed E-state index contributed by atoms with van der Waals surface area (Å²) in [6.45, 7) is 7.52. The van der Waals surface area contributed by atoms with Crippen LogP contribution in [-0.4, -0.2) is 33.0 Å². The first kappa shape index (κ1) is 27.5. The van der Waals surface area contributed by atoms with Crippen LogP contribution in [0, 0.1) is 24.2 Å². The van der Waals surface area contributed by atoms with Crippen molar-refractivity contribution in [2.75, 3.05) is 17.7 Å². The van der Waals surface area contributed by atoms with Crippen LogP contribution >= 0.6 is 34.7 Å². The Balaban J connectivity index is 1.30. The molecule has 0 spiro atoms. The monoisotopic (exact) mass is 557 g/mol. The zero-order chi connectivity index (χ0) is 26.4. The number of ether oxygens (including phenoxy) is 1. The van der Waals surface area contributed by atoms with Crippen molar-refractivity contribution in [3.05, 3.63) is 50.6 Å². The molecule has 1 unspecified atom stereocenters. The molecule has 1 atom stereocenters. The van der Waals surface area contributed by atoms with Gasteiger partial charge in [-0.05, 0) is 74.8 Å². The van der Waals surface area contributed by atoms with Crippen LogP contribution in [0.4, 0.5) is 5.00 Å². The third-order valence-corrected chi connectivity index (χ3v) is 9.06. The highest BCUT2D eigenvalue weighted by molar-refractivity contribution is 7.99. The number of hydrogen-bond acceptors (Lipinski definition) is 7. The second kappa shape index (κ2) is 12.8. The molecule has 0 aliphatic heterocycles. The second-order valence-corrected chi connectivity index (χ2v) is 11.7. The maximum absolute atomic E-state index is 12.8. The summed E-state index contributed by atoms with van der Waals surface area (Å²) >= 11 is 8.94. The molecular weight excluding hydrogens is 526 g/mol. The van der Waals surface area contributed by atoms with E-state index >= 15 is 0 Å². The molecule has 0 fully saturated rings. The number of halogens is 1. The van der Waals surface area contributed by atoms with Crippen molar-refractivity contribution in [3.8, 4) is 11.8 Å². The van der Waals surface area contributed by atoms with Crippen LogP contribution in [0.1, 0.15) is 60.5 Å². The number of nitrogens with zero attached hydrogens (tertiary/aromatic N) is 4. The number of hydrogen-bond donors (Lipinski definition) is 1. The number of carbonyl (C=O) groups is 1. The fourth-order valence-electron chi connectivity index (χ4n) is 4.62. The number of nitrogens with one attached hydrogen (secondary N) is 1. The lowest BCUT2D eigenvalue weighted by molar-refractivity contribution is -0.113. The number of rotatable bonds is 11. The lowest BCUT2D eigenvalue weighted by Crippen LogP contribution is -2.15. The van der Waals surface area contributed by atoms with Gasteiger partial charge in [-0.2, -0.15) is 5.26 Å². The van der Waals surface area contributed by atoms with Gasteiger partial charge in [-0.3, -0.25) is 4.79 Å². The van der Waals surface area contributed by atoms with E-state index in [1.807, 2.05) is 36.6 Å². The first-order valence-electron chi connectivity index (χ1n) is 12.7. The lowest BCUT2D eigenvalue weighted by Gasteiger charge is -2.20. The predicted molar refractivity (Wildman–Crippen MR) is 150 cm³/mol. The molecule has 0 saturated heterocycles. The minimum atomic E-state index is -0.133. The van der Waals surface area contributed by atoms with Crippen LogP contribution in [0.3, 0.4) is 0 Å². The first-order valence-corrected chi connectivity index (χ1v) is 14.9. The summed E-state index contributed by atoms with van der Waals surface area (Å²) in [4.78, 5) is 14.0. The Morgan fingerprint density at radius 3 is 2.95 bits per heavy atom. The van der Waals surface area contributed by atoms with Crippen molar-refractivity contribution in [2.45, 2.75) is 71.0 Å². The van der Waals surface area contributed by atoms with Gasteiger partial charge in [0.2, 0.25) is 5.91 Å². The highest BCUT2D eigenvalue weighted by atomic mass is 35.5. The van der Waals surface area contributed by atoms with Gasteiger partial charge in [0, 0.05) is 22.9 Å². The summed E-state index contributed by atoms with van der Waals surface area (Å²) in [5.41, 5.74) is 2.78. The number of aryl methyl sites for hydroxylation is 2. The van der Waals surface area contributed by atoms with E-state index in [0.717, 1.165) is 72.9 Å². The normalized spacial score (nSPS) is 14.7. The van der Waals surface area contributed by atoms with E-state index < -0.39 is 0 Å². The number of amides is 1.